The summed E-state index contributed by atoms with van der Waals surface area (Å²) in [4.78, 5) is 0. The topological polar surface area (TPSA) is 46.2 Å². The summed E-state index contributed by atoms with van der Waals surface area (Å²) in [6.45, 7) is 4.46. The maximum Gasteiger partial charge on any atom is 0.138 e. The van der Waals surface area contributed by atoms with Gasteiger partial charge < -0.3 is 10.8 Å². The number of rotatable bonds is 4. The third-order valence-corrected chi connectivity index (χ3v) is 4.77. The number of nitrogen functional groups attached to an aromatic ring is 1. The van der Waals surface area contributed by atoms with E-state index in [0.717, 1.165) is 25.7 Å². The molecule has 0 atom stereocenters. The van der Waals surface area contributed by atoms with Gasteiger partial charge in [0.25, 0.3) is 0 Å². The summed E-state index contributed by atoms with van der Waals surface area (Å²) < 4.78 is 0. The van der Waals surface area contributed by atoms with Crippen LogP contribution in [0.2, 0.25) is 0 Å². The van der Waals surface area contributed by atoms with Gasteiger partial charge in [0.05, 0.1) is 5.69 Å². The molecule has 3 N–H and O–H groups in total. The Morgan fingerprint density at radius 1 is 0.952 bits per heavy atom. The molecule has 1 aliphatic carbocycles. The first-order chi connectivity index (χ1) is 10.1. The Hall–Kier alpha value is -1.96. The number of fused-ring (bicyclic) bond motifs is 3. The van der Waals surface area contributed by atoms with Crippen molar-refractivity contribution in [1.29, 1.82) is 0 Å². The molecule has 2 aromatic rings. The number of phenolic OH excluding ortho intramolecular Hbond substituents is 1. The Bertz CT molecular complexity index is 669. The Morgan fingerprint density at radius 3 is 2.29 bits per heavy atom. The van der Waals surface area contributed by atoms with Crippen molar-refractivity contribution >= 4 is 5.69 Å². The predicted octanol–water partition coefficient (Wildman–Crippen LogP) is 4.84. The van der Waals surface area contributed by atoms with Gasteiger partial charge >= 0.3 is 0 Å². The molecule has 21 heavy (non-hydrogen) atoms. The summed E-state index contributed by atoms with van der Waals surface area (Å²) in [5.41, 5.74) is 11.6. The first kappa shape index (κ1) is 14.0. The van der Waals surface area contributed by atoms with Crippen LogP contribution in [0.1, 0.15) is 50.7 Å². The molecule has 2 nitrogen and oxygen atoms in total. The quantitative estimate of drug-likeness (QED) is 0.622. The Balaban J connectivity index is 2.33. The van der Waals surface area contributed by atoms with E-state index in [1.807, 2.05) is 12.1 Å². The van der Waals surface area contributed by atoms with Gasteiger partial charge in [0.15, 0.2) is 0 Å². The highest BCUT2D eigenvalue weighted by Gasteiger charge is 2.41. The molecular weight excluding hydrogens is 258 g/mol. The largest absolute Gasteiger partial charge is 0.506 e. The van der Waals surface area contributed by atoms with E-state index in [-0.39, 0.29) is 11.2 Å². The Morgan fingerprint density at radius 2 is 1.62 bits per heavy atom. The molecule has 0 fully saturated rings. The van der Waals surface area contributed by atoms with Crippen molar-refractivity contribution in [2.24, 2.45) is 0 Å². The molecule has 0 bridgehead atoms. The zero-order valence-corrected chi connectivity index (χ0v) is 12.8. The third-order valence-electron chi connectivity index (χ3n) is 4.77. The van der Waals surface area contributed by atoms with Gasteiger partial charge in [-0.25, -0.2) is 0 Å². The highest BCUT2D eigenvalue weighted by atomic mass is 16.3. The molecule has 0 heterocycles. The fraction of sp³-hybridized carbons (Fsp3) is 0.368. The minimum atomic E-state index is 0.0284. The highest BCUT2D eigenvalue weighted by Crippen LogP contribution is 2.55. The van der Waals surface area contributed by atoms with E-state index >= 15 is 0 Å². The van der Waals surface area contributed by atoms with Gasteiger partial charge in [-0.1, -0.05) is 51.0 Å². The lowest BCUT2D eigenvalue weighted by atomic mass is 9.71. The normalized spacial score (nSPS) is 14.8. The van der Waals surface area contributed by atoms with Gasteiger partial charge in [0, 0.05) is 5.41 Å². The number of aromatic hydroxyl groups is 1. The fourth-order valence-corrected chi connectivity index (χ4v) is 4.02. The van der Waals surface area contributed by atoms with Crippen LogP contribution in [0.3, 0.4) is 0 Å². The number of nitrogens with two attached hydrogens (primary N) is 1. The summed E-state index contributed by atoms with van der Waals surface area (Å²) in [6, 6.07) is 12.5. The lowest BCUT2D eigenvalue weighted by Gasteiger charge is -2.32. The smallest absolute Gasteiger partial charge is 0.138 e. The summed E-state index contributed by atoms with van der Waals surface area (Å²) >= 11 is 0. The van der Waals surface area contributed by atoms with E-state index in [2.05, 4.69) is 38.1 Å². The second-order valence-corrected chi connectivity index (χ2v) is 6.08. The lowest BCUT2D eigenvalue weighted by Crippen LogP contribution is -2.24. The number of hydrogen-bond donors (Lipinski definition) is 2. The Kier molecular flexibility index (Phi) is 3.40. The molecule has 0 saturated carbocycles. The first-order valence-electron chi connectivity index (χ1n) is 7.87. The lowest BCUT2D eigenvalue weighted by molar-refractivity contribution is 0.430. The molecule has 0 aromatic heterocycles. The average Bonchev–Trinajstić information content (AvgIpc) is 2.72. The van der Waals surface area contributed by atoms with Crippen LogP contribution in [-0.2, 0) is 5.41 Å². The minimum absolute atomic E-state index is 0.0284. The molecule has 3 rings (SSSR count). The van der Waals surface area contributed by atoms with Crippen molar-refractivity contribution in [3.8, 4) is 16.9 Å². The second-order valence-electron chi connectivity index (χ2n) is 6.08. The van der Waals surface area contributed by atoms with Crippen LogP contribution < -0.4 is 5.73 Å². The van der Waals surface area contributed by atoms with Crippen molar-refractivity contribution < 1.29 is 5.11 Å². The van der Waals surface area contributed by atoms with Crippen LogP contribution >= 0.6 is 0 Å². The predicted molar refractivity (Wildman–Crippen MR) is 88.6 cm³/mol. The average molecular weight is 281 g/mol. The molecule has 2 aromatic carbocycles. The summed E-state index contributed by atoms with van der Waals surface area (Å²) in [5, 5.41) is 10.1. The standard InChI is InChI=1S/C19H23NO/c1-3-9-19(10-4-2)15-8-6-5-7-13(15)14-11-17(20)18(21)12-16(14)19/h5-8,11-12,21H,3-4,9-10,20H2,1-2H3. The zero-order chi connectivity index (χ0) is 15.0. The van der Waals surface area contributed by atoms with Crippen LogP contribution in [0, 0.1) is 0 Å². The Labute approximate surface area is 126 Å². The van der Waals surface area contributed by atoms with E-state index in [1.54, 1.807) is 0 Å². The van der Waals surface area contributed by atoms with Gasteiger partial charge in [0.1, 0.15) is 5.75 Å². The molecule has 0 amide bonds. The number of benzene rings is 2. The van der Waals surface area contributed by atoms with E-state index in [4.69, 9.17) is 5.73 Å². The monoisotopic (exact) mass is 281 g/mol. The molecule has 0 spiro atoms. The van der Waals surface area contributed by atoms with Crippen molar-refractivity contribution in [2.75, 3.05) is 5.73 Å². The van der Waals surface area contributed by atoms with Gasteiger partial charge in [-0.05, 0) is 47.2 Å². The molecule has 0 unspecified atom stereocenters. The maximum atomic E-state index is 10.1. The summed E-state index contributed by atoms with van der Waals surface area (Å²) in [6.07, 6.45) is 4.46. The zero-order valence-electron chi connectivity index (χ0n) is 12.8. The summed E-state index contributed by atoms with van der Waals surface area (Å²) in [7, 11) is 0. The van der Waals surface area contributed by atoms with Crippen LogP contribution in [0.4, 0.5) is 5.69 Å². The maximum absolute atomic E-state index is 10.1. The van der Waals surface area contributed by atoms with Gasteiger partial charge in [-0.2, -0.15) is 0 Å². The van der Waals surface area contributed by atoms with Crippen molar-refractivity contribution in [2.45, 2.75) is 44.9 Å². The van der Waals surface area contributed by atoms with Crippen molar-refractivity contribution in [1.82, 2.24) is 0 Å². The van der Waals surface area contributed by atoms with Gasteiger partial charge in [-0.3, -0.25) is 0 Å². The van der Waals surface area contributed by atoms with Gasteiger partial charge in [-0.15, -0.1) is 0 Å². The first-order valence-corrected chi connectivity index (χ1v) is 7.87. The van der Waals surface area contributed by atoms with Crippen molar-refractivity contribution in [3.63, 3.8) is 0 Å². The van der Waals surface area contributed by atoms with Crippen LogP contribution in [0.5, 0.6) is 5.75 Å². The molecule has 110 valence electrons. The van der Waals surface area contributed by atoms with Crippen LogP contribution in [0.25, 0.3) is 11.1 Å². The van der Waals surface area contributed by atoms with E-state index < -0.39 is 0 Å². The van der Waals surface area contributed by atoms with E-state index in [9.17, 15) is 5.11 Å². The molecular formula is C19H23NO. The number of hydrogen-bond acceptors (Lipinski definition) is 2. The minimum Gasteiger partial charge on any atom is -0.506 e. The van der Waals surface area contributed by atoms with Crippen molar-refractivity contribution in [3.05, 3.63) is 47.5 Å². The van der Waals surface area contributed by atoms with Crippen LogP contribution in [0.15, 0.2) is 36.4 Å². The van der Waals surface area contributed by atoms with Gasteiger partial charge in [0.2, 0.25) is 0 Å². The molecule has 0 aliphatic heterocycles. The fourth-order valence-electron chi connectivity index (χ4n) is 4.02. The van der Waals surface area contributed by atoms with Crippen LogP contribution in [-0.4, -0.2) is 5.11 Å². The van der Waals surface area contributed by atoms with E-state index in [0.29, 0.717) is 5.69 Å². The SMILES string of the molecule is CCCC1(CCC)c2ccccc2-c2cc(N)c(O)cc21. The molecule has 2 heteroatoms. The third kappa shape index (κ3) is 1.93. The molecule has 1 aliphatic rings. The number of phenols is 1. The van der Waals surface area contributed by atoms with E-state index in [1.165, 1.54) is 22.3 Å². The number of anilines is 1. The molecule has 0 saturated heterocycles. The molecule has 0 radical (unpaired) electrons. The second kappa shape index (κ2) is 5.10. The highest BCUT2D eigenvalue weighted by molar-refractivity contribution is 5.84. The summed E-state index contributed by atoms with van der Waals surface area (Å²) in [5.74, 6) is 0.207.